The van der Waals surface area contributed by atoms with Crippen molar-refractivity contribution in [2.45, 2.75) is 16.2 Å². The monoisotopic (exact) mass is 388 g/mol. The number of hydrogen-bond acceptors (Lipinski definition) is 6. The summed E-state index contributed by atoms with van der Waals surface area (Å²) < 4.78 is 35.0. The van der Waals surface area contributed by atoms with E-state index in [1.54, 1.807) is 48.5 Å². The topological polar surface area (TPSA) is 52.6 Å². The summed E-state index contributed by atoms with van der Waals surface area (Å²) in [5, 5.41) is 0. The van der Waals surface area contributed by atoms with E-state index in [-0.39, 0.29) is 13.2 Å². The zero-order valence-electron chi connectivity index (χ0n) is 12.2. The maximum Gasteiger partial charge on any atom is 0.173 e. The van der Waals surface area contributed by atoms with Gasteiger partial charge >= 0.3 is 0 Å². The lowest BCUT2D eigenvalue weighted by Gasteiger charge is -2.10. The molecule has 0 saturated heterocycles. The lowest BCUT2D eigenvalue weighted by molar-refractivity contribution is 0.274. The molecule has 8 heteroatoms. The Hall–Kier alpha value is -0.900. The standard InChI is InChI=1S/C15H16O4S4/c16-22(20,14-8-3-1-4-9-14)18-12-7-13-19-23(17,21)15-10-5-2-6-11-15/h1-6,8-11H,7,12-13H2. The molecule has 0 N–H and O–H groups in total. The second-order valence-corrected chi connectivity index (χ2v) is 10.4. The summed E-state index contributed by atoms with van der Waals surface area (Å²) in [6, 6.07) is 17.3. The van der Waals surface area contributed by atoms with Gasteiger partial charge in [-0.25, -0.2) is 8.42 Å². The van der Waals surface area contributed by atoms with Crippen LogP contribution in [0.25, 0.3) is 0 Å². The third kappa shape index (κ3) is 5.59. The normalized spacial score (nSPS) is 16.3. The molecule has 0 radical (unpaired) electrons. The number of benzene rings is 2. The Labute approximate surface area is 146 Å². The van der Waals surface area contributed by atoms with Crippen molar-refractivity contribution in [3.05, 3.63) is 60.7 Å². The first kappa shape index (κ1) is 18.4. The predicted octanol–water partition coefficient (Wildman–Crippen LogP) is 2.85. The minimum absolute atomic E-state index is 0.136. The fraction of sp³-hybridized carbons (Fsp3) is 0.200. The quantitative estimate of drug-likeness (QED) is 0.648. The molecule has 2 aromatic carbocycles. The first-order chi connectivity index (χ1) is 10.9. The molecule has 0 aliphatic carbocycles. The zero-order valence-corrected chi connectivity index (χ0v) is 15.4. The lowest BCUT2D eigenvalue weighted by Crippen LogP contribution is -2.10. The highest BCUT2D eigenvalue weighted by atomic mass is 32.8. The van der Waals surface area contributed by atoms with Crippen LogP contribution in [0.1, 0.15) is 6.42 Å². The van der Waals surface area contributed by atoms with Crippen LogP contribution < -0.4 is 0 Å². The van der Waals surface area contributed by atoms with Crippen LogP contribution >= 0.6 is 0 Å². The van der Waals surface area contributed by atoms with E-state index in [0.29, 0.717) is 16.2 Å². The summed E-state index contributed by atoms with van der Waals surface area (Å²) in [5.74, 6) is 0. The van der Waals surface area contributed by atoms with Crippen molar-refractivity contribution in [3.63, 3.8) is 0 Å². The molecule has 0 saturated carbocycles. The van der Waals surface area contributed by atoms with Crippen LogP contribution in [0, 0.1) is 0 Å². The van der Waals surface area contributed by atoms with Gasteiger partial charge in [-0.3, -0.25) is 8.37 Å². The summed E-state index contributed by atoms with van der Waals surface area (Å²) in [5.41, 5.74) is 0. The van der Waals surface area contributed by atoms with Crippen molar-refractivity contribution in [1.82, 2.24) is 0 Å². The van der Waals surface area contributed by atoms with Crippen LogP contribution in [0.2, 0.25) is 0 Å². The van der Waals surface area contributed by atoms with Crippen LogP contribution in [-0.4, -0.2) is 21.6 Å². The number of rotatable bonds is 8. The largest absolute Gasteiger partial charge is 0.286 e. The average Bonchev–Trinajstić information content (AvgIpc) is 2.56. The first-order valence-electron chi connectivity index (χ1n) is 6.81. The van der Waals surface area contributed by atoms with E-state index >= 15 is 0 Å². The van der Waals surface area contributed by atoms with Crippen LogP contribution in [0.4, 0.5) is 0 Å². The molecule has 0 amide bonds. The Morgan fingerprint density at radius 1 is 0.696 bits per heavy atom. The molecule has 23 heavy (non-hydrogen) atoms. The lowest BCUT2D eigenvalue weighted by atomic mass is 10.4. The summed E-state index contributed by atoms with van der Waals surface area (Å²) in [4.78, 5) is 0.930. The fourth-order valence-corrected chi connectivity index (χ4v) is 4.71. The van der Waals surface area contributed by atoms with Crippen molar-refractivity contribution >= 4 is 39.9 Å². The van der Waals surface area contributed by atoms with E-state index in [1.165, 1.54) is 0 Å². The van der Waals surface area contributed by atoms with Crippen molar-refractivity contribution < 1.29 is 16.8 Å². The molecule has 124 valence electrons. The van der Waals surface area contributed by atoms with Crippen molar-refractivity contribution in [3.8, 4) is 0 Å². The van der Waals surface area contributed by atoms with Gasteiger partial charge in [0.2, 0.25) is 0 Å². The molecule has 2 unspecified atom stereocenters. The van der Waals surface area contributed by atoms with E-state index in [9.17, 15) is 8.42 Å². The fourth-order valence-electron chi connectivity index (χ4n) is 1.71. The SMILES string of the molecule is O=S(=S)(OCCCOS(=O)(=S)c1ccccc1)c1ccccc1. The van der Waals surface area contributed by atoms with Gasteiger partial charge in [0.15, 0.2) is 17.5 Å². The van der Waals surface area contributed by atoms with E-state index in [4.69, 9.17) is 30.7 Å². The smallest absolute Gasteiger partial charge is 0.173 e. The maximum atomic E-state index is 12.2. The predicted molar refractivity (Wildman–Crippen MR) is 97.0 cm³/mol. The molecule has 4 nitrogen and oxygen atoms in total. The summed E-state index contributed by atoms with van der Waals surface area (Å²) in [6.45, 7) is 0.272. The van der Waals surface area contributed by atoms with Crippen LogP contribution in [0.5, 0.6) is 0 Å². The molecule has 0 aliphatic heterocycles. The third-order valence-electron chi connectivity index (χ3n) is 2.83. The molecule has 0 fully saturated rings. The van der Waals surface area contributed by atoms with Crippen molar-refractivity contribution in [2.75, 3.05) is 13.2 Å². The highest BCUT2D eigenvalue weighted by molar-refractivity contribution is 8.30. The van der Waals surface area contributed by atoms with Gasteiger partial charge in [-0.15, -0.1) is 0 Å². The summed E-state index contributed by atoms with van der Waals surface area (Å²) in [6.07, 6.45) is 0.390. The van der Waals surface area contributed by atoms with Crippen LogP contribution in [-0.2, 0) is 48.3 Å². The molecule has 2 aromatic rings. The Kier molecular flexibility index (Phi) is 6.63. The Morgan fingerprint density at radius 3 is 1.39 bits per heavy atom. The second-order valence-electron chi connectivity index (χ2n) is 4.53. The highest BCUT2D eigenvalue weighted by Gasteiger charge is 2.12. The van der Waals surface area contributed by atoms with Crippen LogP contribution in [0.3, 0.4) is 0 Å². The summed E-state index contributed by atoms with van der Waals surface area (Å²) in [7, 11) is -5.90. The second kappa shape index (κ2) is 8.27. The molecule has 0 heterocycles. The van der Waals surface area contributed by atoms with Gasteiger partial charge in [-0.1, -0.05) is 36.4 Å². The molecular weight excluding hydrogens is 372 g/mol. The molecule has 0 aliphatic rings. The Morgan fingerprint density at radius 2 is 1.04 bits per heavy atom. The van der Waals surface area contributed by atoms with E-state index < -0.39 is 17.5 Å². The Bertz CT molecular complexity index is 745. The van der Waals surface area contributed by atoms with Crippen LogP contribution in [0.15, 0.2) is 70.5 Å². The van der Waals surface area contributed by atoms with Gasteiger partial charge in [-0.05, 0) is 30.7 Å². The molecular formula is C15H16O4S4. The molecule has 0 bridgehead atoms. The third-order valence-corrected chi connectivity index (χ3v) is 7.21. The van der Waals surface area contributed by atoms with E-state index in [2.05, 4.69) is 0 Å². The van der Waals surface area contributed by atoms with Gasteiger partial charge in [0.05, 0.1) is 23.0 Å². The molecule has 2 rings (SSSR count). The molecule has 0 aromatic heterocycles. The highest BCUT2D eigenvalue weighted by Crippen LogP contribution is 2.14. The molecule has 0 spiro atoms. The number of hydrogen-bond donors (Lipinski definition) is 0. The van der Waals surface area contributed by atoms with E-state index in [0.717, 1.165) is 0 Å². The van der Waals surface area contributed by atoms with Crippen molar-refractivity contribution in [1.29, 1.82) is 0 Å². The minimum atomic E-state index is -2.95. The van der Waals surface area contributed by atoms with Gasteiger partial charge in [0.1, 0.15) is 0 Å². The first-order valence-corrected chi connectivity index (χ1v) is 11.6. The zero-order chi connectivity index (χ0) is 16.8. The van der Waals surface area contributed by atoms with Gasteiger partial charge in [0.25, 0.3) is 0 Å². The van der Waals surface area contributed by atoms with E-state index in [1.807, 2.05) is 12.1 Å². The molecule has 2 atom stereocenters. The van der Waals surface area contributed by atoms with Gasteiger partial charge in [-0.2, -0.15) is 0 Å². The summed E-state index contributed by atoms with van der Waals surface area (Å²) >= 11 is 9.99. The minimum Gasteiger partial charge on any atom is -0.286 e. The van der Waals surface area contributed by atoms with Gasteiger partial charge < -0.3 is 0 Å². The van der Waals surface area contributed by atoms with Gasteiger partial charge in [0, 0.05) is 22.4 Å². The Balaban J connectivity index is 1.80. The average molecular weight is 389 g/mol. The van der Waals surface area contributed by atoms with Crippen molar-refractivity contribution in [2.24, 2.45) is 0 Å². The maximum absolute atomic E-state index is 12.2.